The molecule has 1 saturated carbocycles. The van der Waals surface area contributed by atoms with Gasteiger partial charge in [-0.15, -0.1) is 0 Å². The normalized spacial score (nSPS) is 18.6. The first-order valence-corrected chi connectivity index (χ1v) is 15.8. The number of nitrogens with one attached hydrogen (secondary N) is 1. The van der Waals surface area contributed by atoms with Crippen molar-refractivity contribution in [3.8, 4) is 5.75 Å². The third kappa shape index (κ3) is 6.82. The molecule has 2 aromatic carbocycles. The van der Waals surface area contributed by atoms with Crippen LogP contribution in [0.15, 0.2) is 47.4 Å². The summed E-state index contributed by atoms with van der Waals surface area (Å²) in [5.74, 6) is -0.452. The number of sulfone groups is 1. The minimum Gasteiger partial charge on any atom is -0.485 e. The molecular weight excluding hydrogens is 573 g/mol. The Morgan fingerprint density at radius 2 is 1.73 bits per heavy atom. The van der Waals surface area contributed by atoms with Crippen LogP contribution in [-0.4, -0.2) is 52.2 Å². The van der Waals surface area contributed by atoms with Crippen molar-refractivity contribution in [2.24, 2.45) is 0 Å². The summed E-state index contributed by atoms with van der Waals surface area (Å²) in [6.45, 7) is 4.52. The number of carbonyl (C=O) groups excluding carboxylic acids is 1. The van der Waals surface area contributed by atoms with Gasteiger partial charge < -0.3 is 9.47 Å². The predicted molar refractivity (Wildman–Crippen MR) is 143 cm³/mol. The molecule has 0 radical (unpaired) electrons. The van der Waals surface area contributed by atoms with E-state index in [0.29, 0.717) is 18.9 Å². The quantitative estimate of drug-likeness (QED) is 0.471. The van der Waals surface area contributed by atoms with Crippen LogP contribution in [0, 0.1) is 0 Å². The van der Waals surface area contributed by atoms with Crippen LogP contribution in [0.2, 0.25) is 0 Å². The standard InChI is InChI=1S/C26H31F3N2O7S2/c1-25(2,3)38-24(32)30-18-11-12-23-22(14-18)31(15-19(37-23)16-39(33,34)20-8-4-5-9-20)40(35,36)21-10-6-7-17(13-21)26(27,28)29/h6-7,10-14,19-20H,4-5,8-9,15-16H2,1-3H3,(H,30,32). The Labute approximate surface area is 231 Å². The minimum atomic E-state index is -4.78. The van der Waals surface area contributed by atoms with Crippen LogP contribution in [0.5, 0.6) is 5.75 Å². The highest BCUT2D eigenvalue weighted by atomic mass is 32.2. The molecule has 1 atom stereocenters. The van der Waals surface area contributed by atoms with E-state index in [9.17, 15) is 34.8 Å². The summed E-state index contributed by atoms with van der Waals surface area (Å²) in [6, 6.07) is 7.37. The average Bonchev–Trinajstić information content (AvgIpc) is 3.38. The lowest BCUT2D eigenvalue weighted by Gasteiger charge is -2.36. The Morgan fingerprint density at radius 3 is 2.35 bits per heavy atom. The zero-order valence-corrected chi connectivity index (χ0v) is 23.8. The summed E-state index contributed by atoms with van der Waals surface area (Å²) in [6.07, 6.45) is -4.12. The first-order valence-electron chi connectivity index (χ1n) is 12.7. The van der Waals surface area contributed by atoms with Crippen molar-refractivity contribution >= 4 is 37.3 Å². The number of carbonyl (C=O) groups is 1. The average molecular weight is 605 g/mol. The maximum Gasteiger partial charge on any atom is 0.416 e. The molecule has 0 aromatic heterocycles. The number of anilines is 2. The van der Waals surface area contributed by atoms with Gasteiger partial charge >= 0.3 is 12.3 Å². The molecule has 4 rings (SSSR count). The molecule has 1 aliphatic heterocycles. The van der Waals surface area contributed by atoms with Crippen molar-refractivity contribution in [2.45, 2.75) is 74.5 Å². The maximum absolute atomic E-state index is 13.8. The van der Waals surface area contributed by atoms with E-state index in [1.807, 2.05) is 0 Å². The highest BCUT2D eigenvalue weighted by molar-refractivity contribution is 7.93. The second kappa shape index (κ2) is 10.8. The molecule has 1 amide bonds. The summed E-state index contributed by atoms with van der Waals surface area (Å²) in [7, 11) is -8.26. The molecule has 2 aromatic rings. The number of benzene rings is 2. The Kier molecular flexibility index (Phi) is 8.07. The molecule has 1 aliphatic carbocycles. The summed E-state index contributed by atoms with van der Waals surface area (Å²) in [5.41, 5.74) is -1.89. The molecule has 40 heavy (non-hydrogen) atoms. The Bertz CT molecular complexity index is 1480. The number of fused-ring (bicyclic) bond motifs is 1. The van der Waals surface area contributed by atoms with Crippen LogP contribution in [-0.2, 0) is 30.8 Å². The molecule has 0 saturated heterocycles. The second-order valence-corrected chi connectivity index (χ2v) is 15.0. The Balaban J connectivity index is 1.73. The first-order chi connectivity index (χ1) is 18.5. The zero-order chi connectivity index (χ0) is 29.5. The third-order valence-electron chi connectivity index (χ3n) is 6.51. The number of halogens is 3. The van der Waals surface area contributed by atoms with Gasteiger partial charge in [0.15, 0.2) is 9.84 Å². The van der Waals surface area contributed by atoms with Gasteiger partial charge in [0, 0.05) is 5.69 Å². The van der Waals surface area contributed by atoms with Crippen LogP contribution in [0.1, 0.15) is 52.0 Å². The highest BCUT2D eigenvalue weighted by Crippen LogP contribution is 2.40. The fraction of sp³-hybridized carbons (Fsp3) is 0.500. The predicted octanol–water partition coefficient (Wildman–Crippen LogP) is 5.37. The minimum absolute atomic E-state index is 0.00293. The van der Waals surface area contributed by atoms with Gasteiger partial charge in [-0.3, -0.25) is 9.62 Å². The van der Waals surface area contributed by atoms with Crippen molar-refractivity contribution in [3.63, 3.8) is 0 Å². The van der Waals surface area contributed by atoms with E-state index in [-0.39, 0.29) is 17.1 Å². The number of nitrogens with zero attached hydrogens (tertiary/aromatic N) is 1. The number of hydrogen-bond donors (Lipinski definition) is 1. The van der Waals surface area contributed by atoms with E-state index in [2.05, 4.69) is 5.32 Å². The van der Waals surface area contributed by atoms with Crippen LogP contribution >= 0.6 is 0 Å². The van der Waals surface area contributed by atoms with E-state index < -0.39 is 71.8 Å². The van der Waals surface area contributed by atoms with E-state index in [4.69, 9.17) is 9.47 Å². The molecule has 1 unspecified atom stereocenters. The molecule has 1 heterocycles. The van der Waals surface area contributed by atoms with Crippen molar-refractivity contribution in [1.82, 2.24) is 0 Å². The largest absolute Gasteiger partial charge is 0.485 e. The van der Waals surface area contributed by atoms with Crippen molar-refractivity contribution in [3.05, 3.63) is 48.0 Å². The highest BCUT2D eigenvalue weighted by Gasteiger charge is 2.40. The van der Waals surface area contributed by atoms with Gasteiger partial charge in [0.2, 0.25) is 0 Å². The molecule has 14 heteroatoms. The lowest BCUT2D eigenvalue weighted by atomic mass is 10.2. The maximum atomic E-state index is 13.8. The molecule has 0 spiro atoms. The molecule has 1 N–H and O–H groups in total. The summed E-state index contributed by atoms with van der Waals surface area (Å²) in [4.78, 5) is 11.7. The number of sulfonamides is 1. The number of alkyl halides is 3. The third-order valence-corrected chi connectivity index (χ3v) is 10.6. The first kappa shape index (κ1) is 30.0. The smallest absolute Gasteiger partial charge is 0.416 e. The van der Waals surface area contributed by atoms with Crippen LogP contribution < -0.4 is 14.4 Å². The van der Waals surface area contributed by atoms with Crippen LogP contribution in [0.3, 0.4) is 0 Å². The molecule has 1 fully saturated rings. The summed E-state index contributed by atoms with van der Waals surface area (Å²) in [5, 5.41) is 1.94. The number of rotatable bonds is 6. The fourth-order valence-corrected chi connectivity index (χ4v) is 8.29. The number of ether oxygens (including phenoxy) is 2. The van der Waals surface area contributed by atoms with Gasteiger partial charge in [-0.05, 0) is 70.0 Å². The van der Waals surface area contributed by atoms with Gasteiger partial charge in [0.25, 0.3) is 10.0 Å². The van der Waals surface area contributed by atoms with Crippen molar-refractivity contribution in [1.29, 1.82) is 0 Å². The number of amides is 1. The topological polar surface area (TPSA) is 119 Å². The molecule has 9 nitrogen and oxygen atoms in total. The second-order valence-electron chi connectivity index (χ2n) is 10.8. The summed E-state index contributed by atoms with van der Waals surface area (Å²) < 4.78 is 106. The number of hydrogen-bond acceptors (Lipinski definition) is 7. The van der Waals surface area contributed by atoms with Crippen LogP contribution in [0.4, 0.5) is 29.3 Å². The van der Waals surface area contributed by atoms with E-state index in [1.54, 1.807) is 20.8 Å². The van der Waals surface area contributed by atoms with E-state index in [1.165, 1.54) is 18.2 Å². The molecule has 2 aliphatic rings. The van der Waals surface area contributed by atoms with E-state index >= 15 is 0 Å². The summed E-state index contributed by atoms with van der Waals surface area (Å²) >= 11 is 0. The van der Waals surface area contributed by atoms with E-state index in [0.717, 1.165) is 35.3 Å². The van der Waals surface area contributed by atoms with Crippen LogP contribution in [0.25, 0.3) is 0 Å². The van der Waals surface area contributed by atoms with Gasteiger partial charge in [-0.2, -0.15) is 13.2 Å². The lowest BCUT2D eigenvalue weighted by molar-refractivity contribution is -0.137. The Hall–Kier alpha value is -3.00. The van der Waals surface area contributed by atoms with Gasteiger partial charge in [0.1, 0.15) is 17.5 Å². The Morgan fingerprint density at radius 1 is 1.05 bits per heavy atom. The van der Waals surface area contributed by atoms with Gasteiger partial charge in [-0.1, -0.05) is 18.9 Å². The molecular formula is C26H31F3N2O7S2. The molecule has 0 bridgehead atoms. The van der Waals surface area contributed by atoms with Gasteiger partial charge in [0.05, 0.1) is 33.7 Å². The van der Waals surface area contributed by atoms with Crippen molar-refractivity contribution < 1.29 is 44.3 Å². The fourth-order valence-electron chi connectivity index (χ4n) is 4.73. The molecule has 220 valence electrons. The lowest BCUT2D eigenvalue weighted by Crippen LogP contribution is -2.47. The monoisotopic (exact) mass is 604 g/mol. The SMILES string of the molecule is CC(C)(C)OC(=O)Nc1ccc2c(c1)N(S(=O)(=O)c1cccc(C(F)(F)F)c1)CC(CS(=O)(=O)C1CCCC1)O2. The van der Waals surface area contributed by atoms with Crippen molar-refractivity contribution in [2.75, 3.05) is 21.9 Å². The zero-order valence-electron chi connectivity index (χ0n) is 22.2. The van der Waals surface area contributed by atoms with Gasteiger partial charge in [-0.25, -0.2) is 21.6 Å².